The first kappa shape index (κ1) is 12.9. The molecule has 1 unspecified atom stereocenters. The highest BCUT2D eigenvalue weighted by molar-refractivity contribution is 5.50. The zero-order valence-corrected chi connectivity index (χ0v) is 11.3. The van der Waals surface area contributed by atoms with Gasteiger partial charge < -0.3 is 10.0 Å². The average molecular weight is 264 g/mol. The molecular weight excluding hydrogens is 243 g/mol. The average Bonchev–Trinajstić information content (AvgIpc) is 3.23. The van der Waals surface area contributed by atoms with E-state index in [1.54, 1.807) is 13.0 Å². The molecule has 4 heteroatoms. The fourth-order valence-corrected chi connectivity index (χ4v) is 2.81. The lowest BCUT2D eigenvalue weighted by atomic mass is 10.1. The molecule has 1 aromatic rings. The highest BCUT2D eigenvalue weighted by Crippen LogP contribution is 2.29. The van der Waals surface area contributed by atoms with Crippen LogP contribution in [0.4, 0.5) is 10.1 Å². The van der Waals surface area contributed by atoms with Gasteiger partial charge in [-0.2, -0.15) is 0 Å². The summed E-state index contributed by atoms with van der Waals surface area (Å²) in [5.74, 6) is -0.224. The Labute approximate surface area is 113 Å². The second-order valence-electron chi connectivity index (χ2n) is 5.64. The van der Waals surface area contributed by atoms with E-state index < -0.39 is 6.10 Å². The van der Waals surface area contributed by atoms with Crippen molar-refractivity contribution in [3.05, 3.63) is 29.6 Å². The van der Waals surface area contributed by atoms with Crippen LogP contribution in [0.5, 0.6) is 0 Å². The van der Waals surface area contributed by atoms with Crippen molar-refractivity contribution in [2.24, 2.45) is 0 Å². The molecule has 1 N–H and O–H groups in total. The Balaban J connectivity index is 1.69. The summed E-state index contributed by atoms with van der Waals surface area (Å²) < 4.78 is 14.1. The molecule has 0 radical (unpaired) electrons. The van der Waals surface area contributed by atoms with E-state index in [9.17, 15) is 9.50 Å². The summed E-state index contributed by atoms with van der Waals surface area (Å²) in [6.45, 7) is 5.50. The third-order valence-electron chi connectivity index (χ3n) is 4.17. The largest absolute Gasteiger partial charge is 0.389 e. The van der Waals surface area contributed by atoms with E-state index in [0.717, 1.165) is 32.2 Å². The van der Waals surface area contributed by atoms with Crippen molar-refractivity contribution in [3.8, 4) is 0 Å². The van der Waals surface area contributed by atoms with Crippen molar-refractivity contribution in [1.29, 1.82) is 0 Å². The normalized spacial score (nSPS) is 22.6. The first-order chi connectivity index (χ1) is 9.15. The third kappa shape index (κ3) is 2.74. The van der Waals surface area contributed by atoms with Gasteiger partial charge in [0.25, 0.3) is 0 Å². The lowest BCUT2D eigenvalue weighted by molar-refractivity contribution is 0.199. The van der Waals surface area contributed by atoms with E-state index in [1.807, 2.05) is 6.07 Å². The van der Waals surface area contributed by atoms with Crippen LogP contribution in [-0.2, 0) is 0 Å². The van der Waals surface area contributed by atoms with Crippen molar-refractivity contribution < 1.29 is 9.50 Å². The number of nitrogens with zero attached hydrogens (tertiary/aromatic N) is 2. The highest BCUT2D eigenvalue weighted by Gasteiger charge is 2.31. The summed E-state index contributed by atoms with van der Waals surface area (Å²) in [6, 6.07) is 5.86. The predicted octanol–water partition coefficient (Wildman–Crippen LogP) is 2.16. The van der Waals surface area contributed by atoms with Crippen LogP contribution in [-0.4, -0.2) is 42.2 Å². The van der Waals surface area contributed by atoms with Gasteiger partial charge in [0.2, 0.25) is 0 Å². The molecular formula is C15H21FN2O. The van der Waals surface area contributed by atoms with Gasteiger partial charge in [-0.1, -0.05) is 6.07 Å². The summed E-state index contributed by atoms with van der Waals surface area (Å²) in [5.41, 5.74) is 1.30. The van der Waals surface area contributed by atoms with Gasteiger partial charge in [0.1, 0.15) is 5.82 Å². The molecule has 19 heavy (non-hydrogen) atoms. The molecule has 3 nitrogen and oxygen atoms in total. The lowest BCUT2D eigenvalue weighted by Gasteiger charge is -2.36. The number of rotatable bonds is 3. The van der Waals surface area contributed by atoms with Crippen LogP contribution in [0.15, 0.2) is 18.2 Å². The number of hydrogen-bond acceptors (Lipinski definition) is 3. The minimum Gasteiger partial charge on any atom is -0.389 e. The monoisotopic (exact) mass is 264 g/mol. The minimum absolute atomic E-state index is 0.224. The molecule has 1 atom stereocenters. The van der Waals surface area contributed by atoms with E-state index in [2.05, 4.69) is 9.80 Å². The summed E-state index contributed by atoms with van der Waals surface area (Å²) in [4.78, 5) is 4.62. The van der Waals surface area contributed by atoms with Crippen LogP contribution in [0.1, 0.15) is 31.4 Å². The van der Waals surface area contributed by atoms with Gasteiger partial charge in [0.15, 0.2) is 0 Å². The standard InChI is InChI=1S/C15H21FN2O/c1-11(19)12-2-5-15(14(16)10-12)18-8-6-17(7-9-18)13-3-4-13/h2,5,10-11,13,19H,3-4,6-9H2,1H3. The molecule has 1 aliphatic heterocycles. The fourth-order valence-electron chi connectivity index (χ4n) is 2.81. The quantitative estimate of drug-likeness (QED) is 0.906. The Kier molecular flexibility index (Phi) is 3.46. The number of aliphatic hydroxyl groups is 1. The minimum atomic E-state index is -0.615. The summed E-state index contributed by atoms with van der Waals surface area (Å²) in [5, 5.41) is 9.47. The first-order valence-electron chi connectivity index (χ1n) is 7.11. The van der Waals surface area contributed by atoms with Crippen LogP contribution < -0.4 is 4.90 Å². The van der Waals surface area contributed by atoms with E-state index >= 15 is 0 Å². The number of halogens is 1. The molecule has 0 aromatic heterocycles. The van der Waals surface area contributed by atoms with Gasteiger partial charge >= 0.3 is 0 Å². The summed E-state index contributed by atoms with van der Waals surface area (Å²) in [6.07, 6.45) is 2.05. The molecule has 1 saturated carbocycles. The maximum Gasteiger partial charge on any atom is 0.146 e. The highest BCUT2D eigenvalue weighted by atomic mass is 19.1. The molecule has 104 valence electrons. The van der Waals surface area contributed by atoms with Gasteiger partial charge in [-0.05, 0) is 37.5 Å². The Morgan fingerprint density at radius 2 is 1.89 bits per heavy atom. The zero-order valence-electron chi connectivity index (χ0n) is 11.3. The van der Waals surface area contributed by atoms with E-state index in [1.165, 1.54) is 18.9 Å². The second kappa shape index (κ2) is 5.10. The van der Waals surface area contributed by atoms with Gasteiger partial charge in [-0.3, -0.25) is 4.90 Å². The Morgan fingerprint density at radius 1 is 1.21 bits per heavy atom. The second-order valence-corrected chi connectivity index (χ2v) is 5.64. The van der Waals surface area contributed by atoms with Gasteiger partial charge in [0.05, 0.1) is 11.8 Å². The van der Waals surface area contributed by atoms with Crippen LogP contribution >= 0.6 is 0 Å². The third-order valence-corrected chi connectivity index (χ3v) is 4.17. The molecule has 0 bridgehead atoms. The topological polar surface area (TPSA) is 26.7 Å². The van der Waals surface area contributed by atoms with E-state index in [-0.39, 0.29) is 5.82 Å². The maximum atomic E-state index is 14.1. The Bertz CT molecular complexity index is 451. The van der Waals surface area contributed by atoms with Crippen molar-refractivity contribution in [2.75, 3.05) is 31.1 Å². The molecule has 1 saturated heterocycles. The Morgan fingerprint density at radius 3 is 2.42 bits per heavy atom. The summed E-state index contributed by atoms with van der Waals surface area (Å²) in [7, 11) is 0. The molecule has 1 aromatic carbocycles. The molecule has 0 amide bonds. The maximum absolute atomic E-state index is 14.1. The van der Waals surface area contributed by atoms with E-state index in [4.69, 9.17) is 0 Å². The fraction of sp³-hybridized carbons (Fsp3) is 0.600. The Hall–Kier alpha value is -1.13. The van der Waals surface area contributed by atoms with Crippen molar-refractivity contribution in [3.63, 3.8) is 0 Å². The first-order valence-corrected chi connectivity index (χ1v) is 7.11. The molecule has 3 rings (SSSR count). The molecule has 1 aliphatic carbocycles. The number of hydrogen-bond donors (Lipinski definition) is 1. The molecule has 2 aliphatic rings. The summed E-state index contributed by atoms with van der Waals surface area (Å²) >= 11 is 0. The van der Waals surface area contributed by atoms with Gasteiger partial charge in [0, 0.05) is 32.2 Å². The predicted molar refractivity (Wildman–Crippen MR) is 73.8 cm³/mol. The molecule has 1 heterocycles. The van der Waals surface area contributed by atoms with Crippen molar-refractivity contribution in [1.82, 2.24) is 4.90 Å². The van der Waals surface area contributed by atoms with Crippen LogP contribution in [0.3, 0.4) is 0 Å². The van der Waals surface area contributed by atoms with Crippen LogP contribution in [0.25, 0.3) is 0 Å². The SMILES string of the molecule is CC(O)c1ccc(N2CCN(C3CC3)CC2)c(F)c1. The smallest absolute Gasteiger partial charge is 0.146 e. The number of aliphatic hydroxyl groups excluding tert-OH is 1. The van der Waals surface area contributed by atoms with Crippen LogP contribution in [0, 0.1) is 5.82 Å². The van der Waals surface area contributed by atoms with Gasteiger partial charge in [-0.25, -0.2) is 4.39 Å². The number of piperazine rings is 1. The van der Waals surface area contributed by atoms with Gasteiger partial charge in [-0.15, -0.1) is 0 Å². The van der Waals surface area contributed by atoms with Crippen molar-refractivity contribution >= 4 is 5.69 Å². The zero-order chi connectivity index (χ0) is 13.4. The lowest BCUT2D eigenvalue weighted by Crippen LogP contribution is -2.47. The van der Waals surface area contributed by atoms with E-state index in [0.29, 0.717) is 11.3 Å². The number of benzene rings is 1. The molecule has 0 spiro atoms. The van der Waals surface area contributed by atoms with Crippen LogP contribution in [0.2, 0.25) is 0 Å². The van der Waals surface area contributed by atoms with Crippen molar-refractivity contribution in [2.45, 2.75) is 31.9 Å². The molecule has 2 fully saturated rings. The number of anilines is 1.